The van der Waals surface area contributed by atoms with Crippen LogP contribution in [-0.2, 0) is 11.3 Å². The number of amides is 1. The van der Waals surface area contributed by atoms with Gasteiger partial charge in [0.1, 0.15) is 5.69 Å². The van der Waals surface area contributed by atoms with E-state index in [0.29, 0.717) is 12.3 Å². The van der Waals surface area contributed by atoms with Gasteiger partial charge in [-0.3, -0.25) is 9.78 Å². The Labute approximate surface area is 96.0 Å². The van der Waals surface area contributed by atoms with Gasteiger partial charge >= 0.3 is 0 Å². The zero-order valence-corrected chi connectivity index (χ0v) is 10.2. The largest absolute Gasteiger partial charge is 0.371 e. The molecule has 1 heterocycles. The predicted octanol–water partition coefficient (Wildman–Crippen LogP) is 1.76. The predicted molar refractivity (Wildman–Crippen MR) is 62.2 cm³/mol. The van der Waals surface area contributed by atoms with Gasteiger partial charge in [0.2, 0.25) is 0 Å². The molecule has 0 saturated heterocycles. The van der Waals surface area contributed by atoms with Crippen LogP contribution in [0.5, 0.6) is 0 Å². The average Bonchev–Trinajstić information content (AvgIpc) is 2.25. The van der Waals surface area contributed by atoms with Crippen molar-refractivity contribution in [1.29, 1.82) is 0 Å². The molecule has 0 aliphatic rings. The van der Waals surface area contributed by atoms with E-state index >= 15 is 0 Å². The molecule has 88 valence electrons. The Kier molecular flexibility index (Phi) is 4.01. The minimum Gasteiger partial charge on any atom is -0.371 e. The van der Waals surface area contributed by atoms with Crippen LogP contribution in [0.4, 0.5) is 0 Å². The Morgan fingerprint density at radius 1 is 1.50 bits per heavy atom. The molecule has 0 atom stereocenters. The Morgan fingerprint density at radius 3 is 2.75 bits per heavy atom. The molecule has 0 bridgehead atoms. The van der Waals surface area contributed by atoms with E-state index in [1.54, 1.807) is 19.3 Å². The molecule has 0 spiro atoms. The van der Waals surface area contributed by atoms with Crippen LogP contribution in [0.3, 0.4) is 0 Å². The van der Waals surface area contributed by atoms with Crippen molar-refractivity contribution in [3.63, 3.8) is 0 Å². The molecule has 1 aromatic heterocycles. The first kappa shape index (κ1) is 12.6. The zero-order valence-electron chi connectivity index (χ0n) is 10.2. The fourth-order valence-corrected chi connectivity index (χ4v) is 1.12. The summed E-state index contributed by atoms with van der Waals surface area (Å²) in [6.07, 6.45) is 1.62. The number of rotatable bonds is 3. The van der Waals surface area contributed by atoms with Crippen molar-refractivity contribution in [1.82, 2.24) is 10.3 Å². The van der Waals surface area contributed by atoms with Gasteiger partial charge in [-0.2, -0.15) is 0 Å². The fraction of sp³-hybridized carbons (Fsp3) is 0.500. The van der Waals surface area contributed by atoms with Crippen molar-refractivity contribution in [2.75, 3.05) is 7.05 Å². The van der Waals surface area contributed by atoms with Crippen molar-refractivity contribution in [2.24, 2.45) is 0 Å². The molecule has 0 aromatic carbocycles. The first-order valence-electron chi connectivity index (χ1n) is 5.23. The lowest BCUT2D eigenvalue weighted by molar-refractivity contribution is -0.0150. The lowest BCUT2D eigenvalue weighted by atomic mass is 10.2. The van der Waals surface area contributed by atoms with E-state index in [9.17, 15) is 4.79 Å². The molecule has 0 radical (unpaired) electrons. The van der Waals surface area contributed by atoms with Crippen molar-refractivity contribution < 1.29 is 9.53 Å². The lowest BCUT2D eigenvalue weighted by Gasteiger charge is -2.19. The topological polar surface area (TPSA) is 51.2 Å². The van der Waals surface area contributed by atoms with E-state index in [4.69, 9.17) is 4.74 Å². The van der Waals surface area contributed by atoms with Gasteiger partial charge in [-0.05, 0) is 38.5 Å². The Morgan fingerprint density at radius 2 is 2.19 bits per heavy atom. The number of hydrogen-bond donors (Lipinski definition) is 1. The van der Waals surface area contributed by atoms with E-state index < -0.39 is 0 Å². The molecule has 0 aliphatic carbocycles. The zero-order chi connectivity index (χ0) is 12.2. The Hall–Kier alpha value is -1.42. The van der Waals surface area contributed by atoms with Crippen LogP contribution in [-0.4, -0.2) is 23.5 Å². The van der Waals surface area contributed by atoms with Crippen molar-refractivity contribution in [3.8, 4) is 0 Å². The van der Waals surface area contributed by atoms with Crippen LogP contribution in [0.1, 0.15) is 36.8 Å². The van der Waals surface area contributed by atoms with Gasteiger partial charge in [0.25, 0.3) is 5.91 Å². The van der Waals surface area contributed by atoms with Crippen LogP contribution in [0.15, 0.2) is 18.3 Å². The summed E-state index contributed by atoms with van der Waals surface area (Å²) in [5.41, 5.74) is 1.18. The van der Waals surface area contributed by atoms with Gasteiger partial charge < -0.3 is 10.1 Å². The molecular weight excluding hydrogens is 204 g/mol. The second-order valence-electron chi connectivity index (χ2n) is 4.53. The summed E-state index contributed by atoms with van der Waals surface area (Å²) in [6, 6.07) is 3.59. The van der Waals surface area contributed by atoms with Gasteiger partial charge in [-0.15, -0.1) is 0 Å². The number of carbonyl (C=O) groups excluding carboxylic acids is 1. The molecule has 1 amide bonds. The molecule has 1 aromatic rings. The first-order valence-corrected chi connectivity index (χ1v) is 5.23. The molecule has 0 saturated carbocycles. The average molecular weight is 222 g/mol. The van der Waals surface area contributed by atoms with Crippen LogP contribution in [0.2, 0.25) is 0 Å². The summed E-state index contributed by atoms with van der Waals surface area (Å²) in [5.74, 6) is -0.183. The van der Waals surface area contributed by atoms with Gasteiger partial charge in [-0.25, -0.2) is 0 Å². The van der Waals surface area contributed by atoms with E-state index in [0.717, 1.165) is 5.56 Å². The molecule has 0 unspecified atom stereocenters. The standard InChI is InChI=1S/C12H18N2O2/c1-12(2,3)16-8-9-5-6-14-10(7-9)11(15)13-4/h5-7H,8H2,1-4H3,(H,13,15). The summed E-state index contributed by atoms with van der Waals surface area (Å²) in [4.78, 5) is 15.3. The number of aromatic nitrogens is 1. The van der Waals surface area contributed by atoms with Crippen LogP contribution >= 0.6 is 0 Å². The quantitative estimate of drug-likeness (QED) is 0.847. The maximum atomic E-state index is 11.4. The molecule has 1 rings (SSSR count). The normalized spacial score (nSPS) is 11.2. The maximum Gasteiger partial charge on any atom is 0.269 e. The molecule has 4 heteroatoms. The summed E-state index contributed by atoms with van der Waals surface area (Å²) in [7, 11) is 1.59. The monoisotopic (exact) mass is 222 g/mol. The van der Waals surface area contributed by atoms with E-state index in [1.807, 2.05) is 26.8 Å². The number of carbonyl (C=O) groups is 1. The number of nitrogens with zero attached hydrogens (tertiary/aromatic N) is 1. The first-order chi connectivity index (χ1) is 7.42. The summed E-state index contributed by atoms with van der Waals surface area (Å²) in [6.45, 7) is 6.46. The van der Waals surface area contributed by atoms with E-state index in [-0.39, 0.29) is 11.5 Å². The fourth-order valence-electron chi connectivity index (χ4n) is 1.12. The third-order valence-electron chi connectivity index (χ3n) is 1.96. The maximum absolute atomic E-state index is 11.4. The van der Waals surface area contributed by atoms with Gasteiger partial charge in [0.15, 0.2) is 0 Å². The highest BCUT2D eigenvalue weighted by Gasteiger charge is 2.11. The smallest absolute Gasteiger partial charge is 0.269 e. The van der Waals surface area contributed by atoms with Gasteiger partial charge in [0, 0.05) is 13.2 Å². The number of pyridine rings is 1. The minimum absolute atomic E-state index is 0.183. The van der Waals surface area contributed by atoms with Crippen molar-refractivity contribution in [3.05, 3.63) is 29.6 Å². The highest BCUT2D eigenvalue weighted by Crippen LogP contribution is 2.11. The third-order valence-corrected chi connectivity index (χ3v) is 1.96. The lowest BCUT2D eigenvalue weighted by Crippen LogP contribution is -2.20. The van der Waals surface area contributed by atoms with Crippen molar-refractivity contribution in [2.45, 2.75) is 33.0 Å². The summed E-state index contributed by atoms with van der Waals surface area (Å²) < 4.78 is 5.62. The third kappa shape index (κ3) is 3.98. The summed E-state index contributed by atoms with van der Waals surface area (Å²) >= 11 is 0. The minimum atomic E-state index is -0.184. The number of ether oxygens (including phenoxy) is 1. The SMILES string of the molecule is CNC(=O)c1cc(COC(C)(C)C)ccn1. The molecule has 0 fully saturated rings. The van der Waals surface area contributed by atoms with Crippen LogP contribution in [0.25, 0.3) is 0 Å². The van der Waals surface area contributed by atoms with Crippen LogP contribution < -0.4 is 5.32 Å². The summed E-state index contributed by atoms with van der Waals surface area (Å²) in [5, 5.41) is 2.54. The molecule has 16 heavy (non-hydrogen) atoms. The van der Waals surface area contributed by atoms with Crippen LogP contribution in [0, 0.1) is 0 Å². The number of hydrogen-bond acceptors (Lipinski definition) is 3. The molecular formula is C12H18N2O2. The second kappa shape index (κ2) is 5.07. The van der Waals surface area contributed by atoms with Crippen molar-refractivity contribution >= 4 is 5.91 Å². The molecule has 4 nitrogen and oxygen atoms in total. The van der Waals surface area contributed by atoms with E-state index in [2.05, 4.69) is 10.3 Å². The van der Waals surface area contributed by atoms with Gasteiger partial charge in [-0.1, -0.05) is 0 Å². The van der Waals surface area contributed by atoms with E-state index in [1.165, 1.54) is 0 Å². The number of nitrogens with one attached hydrogen (secondary N) is 1. The molecule has 0 aliphatic heterocycles. The van der Waals surface area contributed by atoms with Gasteiger partial charge in [0.05, 0.1) is 12.2 Å². The Balaban J connectivity index is 2.71. The molecule has 1 N–H and O–H groups in total. The highest BCUT2D eigenvalue weighted by molar-refractivity contribution is 5.92. The Bertz CT molecular complexity index is 370. The second-order valence-corrected chi connectivity index (χ2v) is 4.53. The highest BCUT2D eigenvalue weighted by atomic mass is 16.5.